The summed E-state index contributed by atoms with van der Waals surface area (Å²) in [4.78, 5) is 0. The average molecular weight is 173 g/mol. The molecule has 0 unspecified atom stereocenters. The zero-order chi connectivity index (χ0) is 8.27. The minimum absolute atomic E-state index is 0.650. The Morgan fingerprint density at radius 3 is 2.36 bits per heavy atom. The van der Waals surface area contributed by atoms with Gasteiger partial charge in [-0.05, 0) is 12.1 Å². The molecule has 1 atom stereocenters. The second-order valence-corrected chi connectivity index (χ2v) is 2.58. The van der Waals surface area contributed by atoms with E-state index in [2.05, 4.69) is 4.74 Å². The van der Waals surface area contributed by atoms with E-state index in [4.69, 9.17) is 16.7 Å². The first kappa shape index (κ1) is 8.53. The number of aliphatic hydroxyl groups is 1. The first-order valence-electron chi connectivity index (χ1n) is 3.20. The number of halogens is 1. The van der Waals surface area contributed by atoms with Crippen molar-refractivity contribution in [2.24, 2.45) is 0 Å². The Balaban J connectivity index is 2.81. The Labute approximate surface area is 70.4 Å². The molecule has 0 heterocycles. The molecule has 0 spiro atoms. The molecular formula is C8H9ClO2. The van der Waals surface area contributed by atoms with E-state index in [0.717, 1.165) is 0 Å². The standard InChI is InChI=1S/C8H9ClO2/c1-11-8(10)6-2-4-7(9)5-3-6/h2-5,8,10H,1H3/t8-/m0/s1. The molecule has 1 aromatic carbocycles. The van der Waals surface area contributed by atoms with Gasteiger partial charge in [-0.3, -0.25) is 0 Å². The van der Waals surface area contributed by atoms with Gasteiger partial charge in [-0.2, -0.15) is 0 Å². The van der Waals surface area contributed by atoms with Crippen LogP contribution in [0.3, 0.4) is 0 Å². The molecule has 0 saturated heterocycles. The number of ether oxygens (including phenoxy) is 1. The summed E-state index contributed by atoms with van der Waals surface area (Å²) >= 11 is 5.64. The summed E-state index contributed by atoms with van der Waals surface area (Å²) in [6, 6.07) is 6.85. The normalized spacial score (nSPS) is 13.0. The fourth-order valence-corrected chi connectivity index (χ4v) is 0.889. The lowest BCUT2D eigenvalue weighted by atomic mass is 10.2. The van der Waals surface area contributed by atoms with Gasteiger partial charge >= 0.3 is 0 Å². The van der Waals surface area contributed by atoms with Crippen LogP contribution in [0, 0.1) is 0 Å². The maximum Gasteiger partial charge on any atom is 0.180 e. The lowest BCUT2D eigenvalue weighted by Crippen LogP contribution is -1.98. The van der Waals surface area contributed by atoms with Gasteiger partial charge in [0.05, 0.1) is 0 Å². The first-order valence-corrected chi connectivity index (χ1v) is 3.58. The van der Waals surface area contributed by atoms with E-state index in [1.165, 1.54) is 7.11 Å². The number of rotatable bonds is 2. The van der Waals surface area contributed by atoms with Crippen LogP contribution >= 0.6 is 11.6 Å². The highest BCUT2D eigenvalue weighted by Gasteiger charge is 2.03. The van der Waals surface area contributed by atoms with Crippen LogP contribution < -0.4 is 0 Å². The Morgan fingerprint density at radius 1 is 1.36 bits per heavy atom. The van der Waals surface area contributed by atoms with E-state index in [9.17, 15) is 0 Å². The van der Waals surface area contributed by atoms with Crippen molar-refractivity contribution in [3.05, 3.63) is 34.9 Å². The van der Waals surface area contributed by atoms with E-state index >= 15 is 0 Å². The zero-order valence-corrected chi connectivity index (χ0v) is 6.88. The largest absolute Gasteiger partial charge is 0.364 e. The molecule has 0 radical (unpaired) electrons. The molecule has 3 heteroatoms. The molecule has 0 bridgehead atoms. The molecule has 1 rings (SSSR count). The van der Waals surface area contributed by atoms with E-state index in [1.807, 2.05) is 0 Å². The number of methoxy groups -OCH3 is 1. The Kier molecular flexibility index (Phi) is 2.88. The van der Waals surface area contributed by atoms with Crippen molar-refractivity contribution in [3.8, 4) is 0 Å². The zero-order valence-electron chi connectivity index (χ0n) is 6.12. The molecule has 11 heavy (non-hydrogen) atoms. The van der Waals surface area contributed by atoms with Crippen LogP contribution in [-0.4, -0.2) is 12.2 Å². The van der Waals surface area contributed by atoms with Gasteiger partial charge in [-0.15, -0.1) is 0 Å². The lowest BCUT2D eigenvalue weighted by molar-refractivity contribution is -0.0769. The van der Waals surface area contributed by atoms with Crippen LogP contribution in [0.15, 0.2) is 24.3 Å². The highest BCUT2D eigenvalue weighted by molar-refractivity contribution is 6.30. The van der Waals surface area contributed by atoms with Crippen LogP contribution in [-0.2, 0) is 4.74 Å². The Bertz CT molecular complexity index is 220. The van der Waals surface area contributed by atoms with Crippen LogP contribution in [0.1, 0.15) is 11.9 Å². The quantitative estimate of drug-likeness (QED) is 0.692. The van der Waals surface area contributed by atoms with Gasteiger partial charge in [0.25, 0.3) is 0 Å². The summed E-state index contributed by atoms with van der Waals surface area (Å²) in [5.41, 5.74) is 0.705. The minimum atomic E-state index is -0.854. The van der Waals surface area contributed by atoms with Crippen molar-refractivity contribution in [3.63, 3.8) is 0 Å². The molecule has 2 nitrogen and oxygen atoms in total. The number of benzene rings is 1. The molecule has 60 valence electrons. The van der Waals surface area contributed by atoms with E-state index < -0.39 is 6.29 Å². The number of hydrogen-bond donors (Lipinski definition) is 1. The van der Waals surface area contributed by atoms with Gasteiger partial charge in [0.1, 0.15) is 0 Å². The molecule has 0 aliphatic heterocycles. The highest BCUT2D eigenvalue weighted by atomic mass is 35.5. The third-order valence-electron chi connectivity index (χ3n) is 1.38. The molecule has 1 aromatic rings. The van der Waals surface area contributed by atoms with Gasteiger partial charge in [0, 0.05) is 17.7 Å². The van der Waals surface area contributed by atoms with Gasteiger partial charge in [-0.25, -0.2) is 0 Å². The third-order valence-corrected chi connectivity index (χ3v) is 1.63. The van der Waals surface area contributed by atoms with Gasteiger partial charge in [0.15, 0.2) is 6.29 Å². The smallest absolute Gasteiger partial charge is 0.180 e. The highest BCUT2D eigenvalue weighted by Crippen LogP contribution is 2.16. The van der Waals surface area contributed by atoms with Gasteiger partial charge in [0.2, 0.25) is 0 Å². The monoisotopic (exact) mass is 172 g/mol. The van der Waals surface area contributed by atoms with Gasteiger partial charge < -0.3 is 9.84 Å². The molecule has 0 aromatic heterocycles. The van der Waals surface area contributed by atoms with Crippen molar-refractivity contribution in [2.75, 3.05) is 7.11 Å². The molecular weight excluding hydrogens is 164 g/mol. The predicted molar refractivity (Wildman–Crippen MR) is 43.4 cm³/mol. The van der Waals surface area contributed by atoms with Crippen LogP contribution in [0.2, 0.25) is 5.02 Å². The minimum Gasteiger partial charge on any atom is -0.364 e. The molecule has 0 fully saturated rings. The van der Waals surface area contributed by atoms with Crippen molar-refractivity contribution in [1.29, 1.82) is 0 Å². The summed E-state index contributed by atoms with van der Waals surface area (Å²) in [6.45, 7) is 0. The first-order chi connectivity index (χ1) is 5.24. The molecule has 0 amide bonds. The van der Waals surface area contributed by atoms with E-state index in [0.29, 0.717) is 10.6 Å². The van der Waals surface area contributed by atoms with Gasteiger partial charge in [-0.1, -0.05) is 23.7 Å². The van der Waals surface area contributed by atoms with E-state index in [-0.39, 0.29) is 0 Å². The topological polar surface area (TPSA) is 29.5 Å². The molecule has 0 aliphatic carbocycles. The third kappa shape index (κ3) is 2.19. The van der Waals surface area contributed by atoms with E-state index in [1.54, 1.807) is 24.3 Å². The van der Waals surface area contributed by atoms with Crippen molar-refractivity contribution in [2.45, 2.75) is 6.29 Å². The summed E-state index contributed by atoms with van der Waals surface area (Å²) in [5.74, 6) is 0. The van der Waals surface area contributed by atoms with Crippen molar-refractivity contribution >= 4 is 11.6 Å². The fourth-order valence-electron chi connectivity index (χ4n) is 0.763. The van der Waals surface area contributed by atoms with Crippen molar-refractivity contribution < 1.29 is 9.84 Å². The number of aliphatic hydroxyl groups excluding tert-OH is 1. The molecule has 0 aliphatic rings. The summed E-state index contributed by atoms with van der Waals surface area (Å²) in [7, 11) is 1.44. The summed E-state index contributed by atoms with van der Waals surface area (Å²) in [6.07, 6.45) is -0.854. The predicted octanol–water partition coefficient (Wildman–Crippen LogP) is 1.98. The number of hydrogen-bond acceptors (Lipinski definition) is 2. The maximum absolute atomic E-state index is 9.15. The van der Waals surface area contributed by atoms with Crippen molar-refractivity contribution in [1.82, 2.24) is 0 Å². The maximum atomic E-state index is 9.15. The SMILES string of the molecule is CO[C@H](O)c1ccc(Cl)cc1. The molecule has 0 saturated carbocycles. The van der Waals surface area contributed by atoms with Crippen LogP contribution in [0.5, 0.6) is 0 Å². The average Bonchev–Trinajstić information content (AvgIpc) is 2.05. The lowest BCUT2D eigenvalue weighted by Gasteiger charge is -2.07. The summed E-state index contributed by atoms with van der Waals surface area (Å²) in [5, 5.41) is 9.80. The Morgan fingerprint density at radius 2 is 1.91 bits per heavy atom. The second kappa shape index (κ2) is 3.72. The van der Waals surface area contributed by atoms with Crippen LogP contribution in [0.25, 0.3) is 0 Å². The fraction of sp³-hybridized carbons (Fsp3) is 0.250. The Hall–Kier alpha value is -0.570. The second-order valence-electron chi connectivity index (χ2n) is 2.14. The van der Waals surface area contributed by atoms with Crippen LogP contribution in [0.4, 0.5) is 0 Å². The summed E-state index contributed by atoms with van der Waals surface area (Å²) < 4.78 is 4.69. The molecule has 1 N–H and O–H groups in total.